The van der Waals surface area contributed by atoms with Gasteiger partial charge in [0.05, 0.1) is 6.61 Å². The quantitative estimate of drug-likeness (QED) is 0.926. The van der Waals surface area contributed by atoms with Crippen LogP contribution in [0.2, 0.25) is 0 Å². The van der Waals surface area contributed by atoms with E-state index in [9.17, 15) is 5.11 Å². The molecule has 1 aromatic heterocycles. The van der Waals surface area contributed by atoms with E-state index in [4.69, 9.17) is 0 Å². The van der Waals surface area contributed by atoms with Gasteiger partial charge in [-0.3, -0.25) is 4.90 Å². The van der Waals surface area contributed by atoms with Crippen LogP contribution < -0.4 is 0 Å². The number of nitrogens with zero attached hydrogens (tertiary/aromatic N) is 1. The minimum absolute atomic E-state index is 0.295. The molecule has 0 bridgehead atoms. The van der Waals surface area contributed by atoms with Gasteiger partial charge in [-0.15, -0.1) is 11.3 Å². The molecule has 2 heterocycles. The van der Waals surface area contributed by atoms with Gasteiger partial charge >= 0.3 is 0 Å². The van der Waals surface area contributed by atoms with Gasteiger partial charge in [-0.05, 0) is 46.8 Å². The smallest absolute Gasteiger partial charge is 0.0587 e. The number of halogens is 1. The van der Waals surface area contributed by atoms with Crippen LogP contribution in [0.1, 0.15) is 30.6 Å². The predicted molar refractivity (Wildman–Crippen MR) is 71.8 cm³/mol. The Hall–Kier alpha value is 0.100. The minimum Gasteiger partial charge on any atom is -0.395 e. The fraction of sp³-hybridized carbons (Fsp3) is 0.667. The van der Waals surface area contributed by atoms with E-state index in [0.29, 0.717) is 12.6 Å². The maximum absolute atomic E-state index is 9.43. The summed E-state index contributed by atoms with van der Waals surface area (Å²) >= 11 is 5.37. The molecule has 1 atom stereocenters. The fourth-order valence-corrected chi connectivity index (χ4v) is 3.78. The Balaban J connectivity index is 2.03. The van der Waals surface area contributed by atoms with Gasteiger partial charge in [0.2, 0.25) is 0 Å². The van der Waals surface area contributed by atoms with Gasteiger partial charge in [0.1, 0.15) is 0 Å². The van der Waals surface area contributed by atoms with Crippen molar-refractivity contribution in [1.29, 1.82) is 0 Å². The highest BCUT2D eigenvalue weighted by Gasteiger charge is 2.21. The molecule has 0 spiro atoms. The molecule has 16 heavy (non-hydrogen) atoms. The molecule has 90 valence electrons. The van der Waals surface area contributed by atoms with Crippen molar-refractivity contribution in [3.05, 3.63) is 20.8 Å². The molecule has 1 N–H and O–H groups in total. The molecule has 0 aliphatic carbocycles. The van der Waals surface area contributed by atoms with E-state index in [-0.39, 0.29) is 0 Å². The van der Waals surface area contributed by atoms with Crippen molar-refractivity contribution in [2.24, 2.45) is 0 Å². The molecule has 0 aromatic carbocycles. The molecule has 0 radical (unpaired) electrons. The lowest BCUT2D eigenvalue weighted by atomic mass is 10.1. The van der Waals surface area contributed by atoms with E-state index in [2.05, 4.69) is 32.3 Å². The fourth-order valence-electron chi connectivity index (χ4n) is 2.27. The summed E-state index contributed by atoms with van der Waals surface area (Å²) in [6.45, 7) is 2.39. The second kappa shape index (κ2) is 6.15. The van der Waals surface area contributed by atoms with Crippen LogP contribution in [-0.2, 0) is 6.54 Å². The van der Waals surface area contributed by atoms with Crippen molar-refractivity contribution in [2.45, 2.75) is 38.3 Å². The lowest BCUT2D eigenvalue weighted by Crippen LogP contribution is -2.36. The Labute approximate surface area is 109 Å². The predicted octanol–water partition coefficient (Wildman–Crippen LogP) is 3.25. The van der Waals surface area contributed by atoms with E-state index in [0.717, 1.165) is 19.5 Å². The monoisotopic (exact) mass is 303 g/mol. The third-order valence-corrected chi connectivity index (χ3v) is 5.16. The lowest BCUT2D eigenvalue weighted by molar-refractivity contribution is 0.119. The topological polar surface area (TPSA) is 23.5 Å². The molecule has 1 saturated heterocycles. The third-order valence-electron chi connectivity index (χ3n) is 3.25. The molecule has 4 heteroatoms. The van der Waals surface area contributed by atoms with Crippen LogP contribution in [0, 0.1) is 0 Å². The molecule has 0 saturated carbocycles. The second-order valence-corrected chi connectivity index (χ2v) is 6.20. The van der Waals surface area contributed by atoms with Crippen LogP contribution in [0.5, 0.6) is 0 Å². The molecular weight excluding hydrogens is 286 g/mol. The summed E-state index contributed by atoms with van der Waals surface area (Å²) in [5.41, 5.74) is 0. The zero-order valence-electron chi connectivity index (χ0n) is 9.36. The standard InChI is InChI=1S/C12H18BrNOS/c13-11-5-7-16-12(11)8-14-6-3-1-2-4-10(14)9-15/h5,7,10,15H,1-4,6,8-9H2. The summed E-state index contributed by atoms with van der Waals surface area (Å²) in [5.74, 6) is 0. The van der Waals surface area contributed by atoms with E-state index < -0.39 is 0 Å². The minimum atomic E-state index is 0.295. The maximum atomic E-state index is 9.43. The number of hydrogen-bond acceptors (Lipinski definition) is 3. The Morgan fingerprint density at radius 2 is 2.31 bits per heavy atom. The number of aliphatic hydroxyl groups is 1. The molecule has 2 rings (SSSR count). The average molecular weight is 304 g/mol. The van der Waals surface area contributed by atoms with Gasteiger partial charge in [-0.25, -0.2) is 0 Å². The van der Waals surface area contributed by atoms with Crippen molar-refractivity contribution in [1.82, 2.24) is 4.90 Å². The Morgan fingerprint density at radius 3 is 3.00 bits per heavy atom. The summed E-state index contributed by atoms with van der Waals surface area (Å²) < 4.78 is 1.21. The van der Waals surface area contributed by atoms with E-state index >= 15 is 0 Å². The van der Waals surface area contributed by atoms with Crippen molar-refractivity contribution in [2.75, 3.05) is 13.2 Å². The highest BCUT2D eigenvalue weighted by Crippen LogP contribution is 2.26. The summed E-state index contributed by atoms with van der Waals surface area (Å²) in [4.78, 5) is 3.81. The maximum Gasteiger partial charge on any atom is 0.0587 e. The summed E-state index contributed by atoms with van der Waals surface area (Å²) in [6.07, 6.45) is 4.96. The van der Waals surface area contributed by atoms with Gasteiger partial charge in [0.15, 0.2) is 0 Å². The van der Waals surface area contributed by atoms with Crippen LogP contribution in [0.4, 0.5) is 0 Å². The van der Waals surface area contributed by atoms with Crippen molar-refractivity contribution in [3.8, 4) is 0 Å². The van der Waals surface area contributed by atoms with E-state index in [1.54, 1.807) is 11.3 Å². The number of thiophene rings is 1. The molecule has 0 amide bonds. The highest BCUT2D eigenvalue weighted by atomic mass is 79.9. The van der Waals surface area contributed by atoms with Crippen LogP contribution in [0.3, 0.4) is 0 Å². The molecule has 2 nitrogen and oxygen atoms in total. The van der Waals surface area contributed by atoms with Crippen molar-refractivity contribution in [3.63, 3.8) is 0 Å². The zero-order chi connectivity index (χ0) is 11.4. The molecular formula is C12H18BrNOS. The zero-order valence-corrected chi connectivity index (χ0v) is 11.8. The first-order chi connectivity index (χ1) is 7.81. The van der Waals surface area contributed by atoms with Crippen LogP contribution in [0.15, 0.2) is 15.9 Å². The van der Waals surface area contributed by atoms with E-state index in [1.165, 1.54) is 28.6 Å². The first-order valence-corrected chi connectivity index (χ1v) is 7.55. The van der Waals surface area contributed by atoms with Crippen molar-refractivity contribution < 1.29 is 5.11 Å². The van der Waals surface area contributed by atoms with Crippen molar-refractivity contribution >= 4 is 27.3 Å². The number of rotatable bonds is 3. The Bertz CT molecular complexity index is 329. The first kappa shape index (κ1) is 12.6. The summed E-state index contributed by atoms with van der Waals surface area (Å²) in [5, 5.41) is 11.6. The van der Waals surface area contributed by atoms with E-state index in [1.807, 2.05) is 0 Å². The normalized spacial score (nSPS) is 23.2. The lowest BCUT2D eigenvalue weighted by Gasteiger charge is -2.28. The molecule has 1 aromatic rings. The van der Waals surface area contributed by atoms with Gasteiger partial charge in [-0.1, -0.05) is 12.8 Å². The Kier molecular flexibility index (Phi) is 4.82. The third kappa shape index (κ3) is 3.06. The second-order valence-electron chi connectivity index (χ2n) is 4.35. The molecule has 1 fully saturated rings. The SMILES string of the molecule is OCC1CCCCCN1Cc1sccc1Br. The number of hydrogen-bond donors (Lipinski definition) is 1. The van der Waals surface area contributed by atoms with Gasteiger partial charge < -0.3 is 5.11 Å². The first-order valence-electron chi connectivity index (χ1n) is 5.88. The van der Waals surface area contributed by atoms with Crippen LogP contribution in [0.25, 0.3) is 0 Å². The Morgan fingerprint density at radius 1 is 1.44 bits per heavy atom. The number of aliphatic hydroxyl groups excluding tert-OH is 1. The summed E-state index contributed by atoms with van der Waals surface area (Å²) in [7, 11) is 0. The van der Waals surface area contributed by atoms with Gasteiger partial charge in [-0.2, -0.15) is 0 Å². The van der Waals surface area contributed by atoms with Gasteiger partial charge in [0.25, 0.3) is 0 Å². The summed E-state index contributed by atoms with van der Waals surface area (Å²) in [6, 6.07) is 2.46. The molecule has 1 aliphatic rings. The van der Waals surface area contributed by atoms with Crippen LogP contribution in [-0.4, -0.2) is 29.2 Å². The van der Waals surface area contributed by atoms with Crippen LogP contribution >= 0.6 is 27.3 Å². The molecule has 1 unspecified atom stereocenters. The number of likely N-dealkylation sites (tertiary alicyclic amines) is 1. The average Bonchev–Trinajstić information content (AvgIpc) is 2.56. The molecule has 1 aliphatic heterocycles. The highest BCUT2D eigenvalue weighted by molar-refractivity contribution is 9.10. The largest absolute Gasteiger partial charge is 0.395 e. The van der Waals surface area contributed by atoms with Gasteiger partial charge in [0, 0.05) is 21.9 Å².